The average molecular weight is 250 g/mol. The normalized spacial score (nSPS) is 23.6. The van der Waals surface area contributed by atoms with Crippen LogP contribution in [0.2, 0.25) is 0 Å². The quantitative estimate of drug-likeness (QED) is 0.708. The highest BCUT2D eigenvalue weighted by Crippen LogP contribution is 2.27. The molecule has 0 atom stereocenters. The molecule has 18 heavy (non-hydrogen) atoms. The van der Waals surface area contributed by atoms with Gasteiger partial charge in [-0.3, -0.25) is 0 Å². The van der Waals surface area contributed by atoms with E-state index in [0.29, 0.717) is 11.4 Å². The molecule has 0 heterocycles. The SMILES string of the molecule is Nc1ccc(OC2CCC(N)CC2)c(C(=O)O)c1. The van der Waals surface area contributed by atoms with Gasteiger partial charge in [-0.05, 0) is 43.9 Å². The summed E-state index contributed by atoms with van der Waals surface area (Å²) in [5.74, 6) is -0.637. The molecule has 0 saturated heterocycles. The summed E-state index contributed by atoms with van der Waals surface area (Å²) in [6.07, 6.45) is 3.62. The number of hydrogen-bond donors (Lipinski definition) is 3. The Hall–Kier alpha value is -1.75. The number of anilines is 1. The first kappa shape index (κ1) is 12.7. The third-order valence-electron chi connectivity index (χ3n) is 3.25. The fraction of sp³-hybridized carbons (Fsp3) is 0.462. The summed E-state index contributed by atoms with van der Waals surface area (Å²) in [5.41, 5.74) is 11.9. The van der Waals surface area contributed by atoms with E-state index < -0.39 is 5.97 Å². The fourth-order valence-corrected chi connectivity index (χ4v) is 2.20. The molecular formula is C13H18N2O3. The lowest BCUT2D eigenvalue weighted by Crippen LogP contribution is -2.32. The van der Waals surface area contributed by atoms with E-state index in [-0.39, 0.29) is 17.7 Å². The zero-order valence-electron chi connectivity index (χ0n) is 10.1. The number of carboxylic acids is 1. The molecule has 0 radical (unpaired) electrons. The molecule has 1 aliphatic carbocycles. The van der Waals surface area contributed by atoms with E-state index in [1.807, 2.05) is 0 Å². The van der Waals surface area contributed by atoms with Crippen LogP contribution in [0, 0.1) is 0 Å². The molecule has 0 amide bonds. The minimum Gasteiger partial charge on any atom is -0.490 e. The number of carbonyl (C=O) groups is 1. The molecule has 1 fully saturated rings. The third-order valence-corrected chi connectivity index (χ3v) is 3.25. The van der Waals surface area contributed by atoms with Crippen LogP contribution in [0.3, 0.4) is 0 Å². The number of nitrogens with two attached hydrogens (primary N) is 2. The summed E-state index contributed by atoms with van der Waals surface area (Å²) in [7, 11) is 0. The number of hydrogen-bond acceptors (Lipinski definition) is 4. The Kier molecular flexibility index (Phi) is 3.72. The van der Waals surface area contributed by atoms with Crippen molar-refractivity contribution in [2.75, 3.05) is 5.73 Å². The van der Waals surface area contributed by atoms with Gasteiger partial charge in [0, 0.05) is 11.7 Å². The lowest BCUT2D eigenvalue weighted by atomic mass is 9.93. The second-order valence-electron chi connectivity index (χ2n) is 4.72. The highest BCUT2D eigenvalue weighted by Gasteiger charge is 2.22. The molecule has 5 nitrogen and oxygen atoms in total. The van der Waals surface area contributed by atoms with Gasteiger partial charge in [0.15, 0.2) is 0 Å². The number of ether oxygens (including phenoxy) is 1. The second kappa shape index (κ2) is 5.27. The van der Waals surface area contributed by atoms with Crippen molar-refractivity contribution in [3.8, 4) is 5.75 Å². The molecular weight excluding hydrogens is 232 g/mol. The lowest BCUT2D eigenvalue weighted by Gasteiger charge is -2.27. The van der Waals surface area contributed by atoms with Crippen molar-refractivity contribution < 1.29 is 14.6 Å². The Morgan fingerprint density at radius 2 is 1.94 bits per heavy atom. The zero-order chi connectivity index (χ0) is 13.1. The van der Waals surface area contributed by atoms with E-state index >= 15 is 0 Å². The number of nitrogen functional groups attached to an aromatic ring is 1. The predicted octanol–water partition coefficient (Wildman–Crippen LogP) is 1.62. The summed E-state index contributed by atoms with van der Waals surface area (Å²) < 4.78 is 5.76. The van der Waals surface area contributed by atoms with Crippen molar-refractivity contribution in [2.24, 2.45) is 5.73 Å². The smallest absolute Gasteiger partial charge is 0.339 e. The van der Waals surface area contributed by atoms with Crippen LogP contribution in [-0.4, -0.2) is 23.2 Å². The van der Waals surface area contributed by atoms with Gasteiger partial charge in [-0.25, -0.2) is 4.79 Å². The minimum atomic E-state index is -1.02. The monoisotopic (exact) mass is 250 g/mol. The molecule has 98 valence electrons. The van der Waals surface area contributed by atoms with Gasteiger partial charge in [-0.15, -0.1) is 0 Å². The summed E-state index contributed by atoms with van der Waals surface area (Å²) in [6.45, 7) is 0. The molecule has 0 aromatic heterocycles. The Bertz CT molecular complexity index is 440. The van der Waals surface area contributed by atoms with Gasteiger partial charge in [-0.2, -0.15) is 0 Å². The standard InChI is InChI=1S/C13H18N2O3/c14-8-1-4-10(5-2-8)18-12-6-3-9(15)7-11(12)13(16)17/h3,6-8,10H,1-2,4-5,14-15H2,(H,16,17). The van der Waals surface area contributed by atoms with Crippen LogP contribution in [0.15, 0.2) is 18.2 Å². The lowest BCUT2D eigenvalue weighted by molar-refractivity contribution is 0.0685. The van der Waals surface area contributed by atoms with Crippen LogP contribution in [0.25, 0.3) is 0 Å². The largest absolute Gasteiger partial charge is 0.490 e. The molecule has 1 aliphatic rings. The van der Waals surface area contributed by atoms with E-state index in [0.717, 1.165) is 25.7 Å². The first-order valence-corrected chi connectivity index (χ1v) is 6.11. The van der Waals surface area contributed by atoms with E-state index in [1.54, 1.807) is 12.1 Å². The molecule has 0 aliphatic heterocycles. The second-order valence-corrected chi connectivity index (χ2v) is 4.72. The maximum atomic E-state index is 11.1. The van der Waals surface area contributed by atoms with E-state index in [2.05, 4.69) is 0 Å². The van der Waals surface area contributed by atoms with Crippen molar-refractivity contribution in [3.63, 3.8) is 0 Å². The Morgan fingerprint density at radius 1 is 1.28 bits per heavy atom. The highest BCUT2D eigenvalue weighted by atomic mass is 16.5. The molecule has 1 aromatic carbocycles. The number of carboxylic acid groups (broad SMARTS) is 1. The average Bonchev–Trinajstić information content (AvgIpc) is 2.34. The van der Waals surface area contributed by atoms with E-state index in [9.17, 15) is 4.79 Å². The predicted molar refractivity (Wildman–Crippen MR) is 68.7 cm³/mol. The van der Waals surface area contributed by atoms with Crippen molar-refractivity contribution in [1.29, 1.82) is 0 Å². The molecule has 1 saturated carbocycles. The van der Waals surface area contributed by atoms with Crippen LogP contribution in [0.5, 0.6) is 5.75 Å². The Balaban J connectivity index is 2.11. The summed E-state index contributed by atoms with van der Waals surface area (Å²) in [5, 5.41) is 9.11. The van der Waals surface area contributed by atoms with E-state index in [1.165, 1.54) is 6.07 Å². The molecule has 5 N–H and O–H groups in total. The third kappa shape index (κ3) is 2.92. The highest BCUT2D eigenvalue weighted by molar-refractivity contribution is 5.92. The molecule has 5 heteroatoms. The molecule has 1 aromatic rings. The van der Waals surface area contributed by atoms with Crippen LogP contribution >= 0.6 is 0 Å². The van der Waals surface area contributed by atoms with Gasteiger partial charge in [0.1, 0.15) is 11.3 Å². The number of benzene rings is 1. The minimum absolute atomic E-state index is 0.0477. The van der Waals surface area contributed by atoms with Crippen LogP contribution < -0.4 is 16.2 Å². The van der Waals surface area contributed by atoms with Gasteiger partial charge in [0.05, 0.1) is 6.10 Å². The summed E-state index contributed by atoms with van der Waals surface area (Å²) in [6, 6.07) is 4.94. The van der Waals surface area contributed by atoms with Gasteiger partial charge < -0.3 is 21.3 Å². The topological polar surface area (TPSA) is 98.6 Å². The van der Waals surface area contributed by atoms with Crippen LogP contribution in [0.4, 0.5) is 5.69 Å². The Labute approximate surface area is 106 Å². The maximum absolute atomic E-state index is 11.1. The van der Waals surface area contributed by atoms with Crippen LogP contribution in [-0.2, 0) is 0 Å². The van der Waals surface area contributed by atoms with Crippen molar-refractivity contribution in [1.82, 2.24) is 0 Å². The van der Waals surface area contributed by atoms with Crippen molar-refractivity contribution >= 4 is 11.7 Å². The van der Waals surface area contributed by atoms with Crippen molar-refractivity contribution in [2.45, 2.75) is 37.8 Å². The molecule has 0 bridgehead atoms. The number of rotatable bonds is 3. The Morgan fingerprint density at radius 3 is 2.56 bits per heavy atom. The van der Waals surface area contributed by atoms with Gasteiger partial charge in [0.25, 0.3) is 0 Å². The zero-order valence-corrected chi connectivity index (χ0v) is 10.1. The van der Waals surface area contributed by atoms with Gasteiger partial charge >= 0.3 is 5.97 Å². The van der Waals surface area contributed by atoms with Crippen molar-refractivity contribution in [3.05, 3.63) is 23.8 Å². The first-order valence-electron chi connectivity index (χ1n) is 6.11. The molecule has 0 unspecified atom stereocenters. The first-order chi connectivity index (χ1) is 8.56. The molecule has 2 rings (SSSR count). The van der Waals surface area contributed by atoms with Gasteiger partial charge in [-0.1, -0.05) is 0 Å². The summed E-state index contributed by atoms with van der Waals surface area (Å²) >= 11 is 0. The van der Waals surface area contributed by atoms with Crippen LogP contribution in [0.1, 0.15) is 36.0 Å². The maximum Gasteiger partial charge on any atom is 0.339 e. The summed E-state index contributed by atoms with van der Waals surface area (Å²) in [4.78, 5) is 11.1. The molecule has 0 spiro atoms. The van der Waals surface area contributed by atoms with Gasteiger partial charge in [0.2, 0.25) is 0 Å². The number of aromatic carboxylic acids is 1. The van der Waals surface area contributed by atoms with E-state index in [4.69, 9.17) is 21.3 Å². The fourth-order valence-electron chi connectivity index (χ4n) is 2.20.